The van der Waals surface area contributed by atoms with Gasteiger partial charge in [0.1, 0.15) is 5.82 Å². The van der Waals surface area contributed by atoms with Crippen LogP contribution in [0.1, 0.15) is 24.1 Å². The number of imidazole rings is 1. The number of rotatable bonds is 4. The lowest BCUT2D eigenvalue weighted by Crippen LogP contribution is -2.14. The first-order valence-electron chi connectivity index (χ1n) is 5.52. The van der Waals surface area contributed by atoms with Crippen molar-refractivity contribution in [3.05, 3.63) is 23.4 Å². The molecule has 2 aromatic heterocycles. The molecule has 0 spiro atoms. The fourth-order valence-electron chi connectivity index (χ4n) is 1.55. The molecule has 2 heterocycles. The summed E-state index contributed by atoms with van der Waals surface area (Å²) in [6.07, 6.45) is 1.96. The second-order valence-electron chi connectivity index (χ2n) is 3.96. The largest absolute Gasteiger partial charge is 0.332 e. The number of aryl methyl sites for hydroxylation is 3. The highest BCUT2D eigenvalue weighted by Gasteiger charge is 2.20. The maximum atomic E-state index is 12.1. The molecule has 7 nitrogen and oxygen atoms in total. The summed E-state index contributed by atoms with van der Waals surface area (Å²) in [4.78, 5) is 6.74. The summed E-state index contributed by atoms with van der Waals surface area (Å²) in [5.74, 6) is 0.635. The molecule has 98 valence electrons. The topological polar surface area (TPSA) is 104 Å². The van der Waals surface area contributed by atoms with Gasteiger partial charge in [0, 0.05) is 6.42 Å². The molecule has 0 fully saturated rings. The number of hydrogen-bond donors (Lipinski definition) is 3. The Bertz CT molecular complexity index is 636. The van der Waals surface area contributed by atoms with Crippen LogP contribution in [-0.4, -0.2) is 28.6 Å². The van der Waals surface area contributed by atoms with Crippen LogP contribution in [0.3, 0.4) is 0 Å². The molecule has 0 amide bonds. The quantitative estimate of drug-likeness (QED) is 0.773. The van der Waals surface area contributed by atoms with E-state index < -0.39 is 10.0 Å². The summed E-state index contributed by atoms with van der Waals surface area (Å²) < 4.78 is 26.7. The minimum Gasteiger partial charge on any atom is -0.332 e. The van der Waals surface area contributed by atoms with Gasteiger partial charge >= 0.3 is 0 Å². The van der Waals surface area contributed by atoms with Gasteiger partial charge in [0.05, 0.1) is 23.3 Å². The highest BCUT2D eigenvalue weighted by atomic mass is 32.2. The lowest BCUT2D eigenvalue weighted by atomic mass is 10.3. The van der Waals surface area contributed by atoms with Crippen LogP contribution in [0.5, 0.6) is 0 Å². The van der Waals surface area contributed by atoms with Crippen LogP contribution in [0.25, 0.3) is 0 Å². The fraction of sp³-hybridized carbons (Fsp3) is 0.400. The molecule has 0 saturated carbocycles. The van der Waals surface area contributed by atoms with Gasteiger partial charge in [-0.2, -0.15) is 13.5 Å². The van der Waals surface area contributed by atoms with E-state index in [0.717, 1.165) is 0 Å². The average Bonchev–Trinajstić information content (AvgIpc) is 2.91. The Labute approximate surface area is 105 Å². The number of anilines is 1. The van der Waals surface area contributed by atoms with Crippen molar-refractivity contribution in [2.45, 2.75) is 32.2 Å². The van der Waals surface area contributed by atoms with Crippen molar-refractivity contribution in [2.75, 3.05) is 4.72 Å². The van der Waals surface area contributed by atoms with E-state index in [4.69, 9.17) is 0 Å². The first kappa shape index (κ1) is 12.6. The molecule has 0 saturated heterocycles. The maximum absolute atomic E-state index is 12.1. The van der Waals surface area contributed by atoms with Gasteiger partial charge in [-0.1, -0.05) is 6.92 Å². The number of hydrogen-bond acceptors (Lipinski definition) is 4. The Morgan fingerprint density at radius 1 is 1.39 bits per heavy atom. The SMILES string of the molecule is CCc1ncc(S(=O)(=O)Nc2c(C)n[nH]c2C)[nH]1. The van der Waals surface area contributed by atoms with Crippen molar-refractivity contribution in [2.24, 2.45) is 0 Å². The van der Waals surface area contributed by atoms with Crippen molar-refractivity contribution in [1.29, 1.82) is 0 Å². The smallest absolute Gasteiger partial charge is 0.279 e. The molecule has 0 bridgehead atoms. The summed E-state index contributed by atoms with van der Waals surface area (Å²) >= 11 is 0. The molecule has 8 heteroatoms. The molecule has 0 radical (unpaired) electrons. The Hall–Kier alpha value is -1.83. The van der Waals surface area contributed by atoms with Crippen molar-refractivity contribution >= 4 is 15.7 Å². The Kier molecular flexibility index (Phi) is 3.12. The number of sulfonamides is 1. The van der Waals surface area contributed by atoms with Crippen LogP contribution in [0.15, 0.2) is 11.2 Å². The minimum absolute atomic E-state index is 0.0550. The predicted molar refractivity (Wildman–Crippen MR) is 66.8 cm³/mol. The van der Waals surface area contributed by atoms with Crippen LogP contribution in [-0.2, 0) is 16.4 Å². The van der Waals surface area contributed by atoms with E-state index in [1.54, 1.807) is 13.8 Å². The third-order valence-corrected chi connectivity index (χ3v) is 3.85. The zero-order chi connectivity index (χ0) is 13.3. The van der Waals surface area contributed by atoms with Crippen LogP contribution in [0.2, 0.25) is 0 Å². The van der Waals surface area contributed by atoms with Gasteiger partial charge in [0.2, 0.25) is 0 Å². The van der Waals surface area contributed by atoms with Crippen LogP contribution >= 0.6 is 0 Å². The standard InChI is InChI=1S/C10H15N5O2S/c1-4-8-11-5-9(12-8)18(16,17)15-10-6(2)13-14-7(10)3/h5,15H,4H2,1-3H3,(H,11,12)(H,13,14). The summed E-state index contributed by atoms with van der Waals surface area (Å²) in [7, 11) is -3.65. The van der Waals surface area contributed by atoms with Gasteiger partial charge < -0.3 is 4.98 Å². The second kappa shape index (κ2) is 4.45. The van der Waals surface area contributed by atoms with E-state index in [1.807, 2.05) is 6.92 Å². The summed E-state index contributed by atoms with van der Waals surface area (Å²) in [5, 5.41) is 6.72. The van der Waals surface area contributed by atoms with Gasteiger partial charge in [-0.25, -0.2) is 4.98 Å². The highest BCUT2D eigenvalue weighted by Crippen LogP contribution is 2.20. The van der Waals surface area contributed by atoms with E-state index in [1.165, 1.54) is 6.20 Å². The van der Waals surface area contributed by atoms with Gasteiger partial charge in [0.15, 0.2) is 5.03 Å². The Balaban J connectivity index is 2.33. The maximum Gasteiger partial charge on any atom is 0.279 e. The van der Waals surface area contributed by atoms with Crippen molar-refractivity contribution < 1.29 is 8.42 Å². The van der Waals surface area contributed by atoms with Crippen molar-refractivity contribution in [3.8, 4) is 0 Å². The van der Waals surface area contributed by atoms with Crippen molar-refractivity contribution in [3.63, 3.8) is 0 Å². The zero-order valence-corrected chi connectivity index (χ0v) is 11.2. The molecule has 0 unspecified atom stereocenters. The number of nitrogens with one attached hydrogen (secondary N) is 3. The summed E-state index contributed by atoms with van der Waals surface area (Å²) in [5.41, 5.74) is 1.75. The van der Waals surface area contributed by atoms with Crippen LogP contribution < -0.4 is 4.72 Å². The lowest BCUT2D eigenvalue weighted by Gasteiger charge is -2.05. The minimum atomic E-state index is -3.65. The number of aromatic nitrogens is 4. The third-order valence-electron chi connectivity index (χ3n) is 2.59. The first-order chi connectivity index (χ1) is 8.44. The number of nitrogens with zero attached hydrogens (tertiary/aromatic N) is 2. The van der Waals surface area contributed by atoms with Crippen LogP contribution in [0.4, 0.5) is 5.69 Å². The summed E-state index contributed by atoms with van der Waals surface area (Å²) in [6.45, 7) is 5.38. The molecule has 0 aromatic carbocycles. The van der Waals surface area contributed by atoms with Crippen molar-refractivity contribution in [1.82, 2.24) is 20.2 Å². The molecule has 2 aromatic rings. The normalized spacial score (nSPS) is 11.7. The molecule has 2 rings (SSSR count). The molecule has 3 N–H and O–H groups in total. The molecule has 0 atom stereocenters. The van der Waals surface area contributed by atoms with Gasteiger partial charge in [-0.15, -0.1) is 0 Å². The van der Waals surface area contributed by atoms with E-state index in [-0.39, 0.29) is 5.03 Å². The monoisotopic (exact) mass is 269 g/mol. The molecule has 18 heavy (non-hydrogen) atoms. The number of H-pyrrole nitrogens is 2. The molecule has 0 aliphatic heterocycles. The van der Waals surface area contributed by atoms with E-state index in [0.29, 0.717) is 29.3 Å². The fourth-order valence-corrected chi connectivity index (χ4v) is 2.67. The van der Waals surface area contributed by atoms with E-state index in [2.05, 4.69) is 24.9 Å². The predicted octanol–water partition coefficient (Wildman–Crippen LogP) is 1.11. The summed E-state index contributed by atoms with van der Waals surface area (Å²) in [6, 6.07) is 0. The van der Waals surface area contributed by atoms with Gasteiger partial charge in [0.25, 0.3) is 10.0 Å². The lowest BCUT2D eigenvalue weighted by molar-refractivity contribution is 0.598. The Morgan fingerprint density at radius 3 is 2.61 bits per heavy atom. The number of aromatic amines is 2. The second-order valence-corrected chi connectivity index (χ2v) is 5.61. The van der Waals surface area contributed by atoms with E-state index in [9.17, 15) is 8.42 Å². The molecule has 0 aliphatic carbocycles. The zero-order valence-electron chi connectivity index (χ0n) is 10.4. The third kappa shape index (κ3) is 2.23. The molecular formula is C10H15N5O2S. The first-order valence-corrected chi connectivity index (χ1v) is 7.00. The van der Waals surface area contributed by atoms with Crippen LogP contribution in [0, 0.1) is 13.8 Å². The molecular weight excluding hydrogens is 254 g/mol. The van der Waals surface area contributed by atoms with E-state index >= 15 is 0 Å². The Morgan fingerprint density at radius 2 is 2.11 bits per heavy atom. The van der Waals surface area contributed by atoms with Gasteiger partial charge in [-0.3, -0.25) is 9.82 Å². The van der Waals surface area contributed by atoms with Gasteiger partial charge in [-0.05, 0) is 13.8 Å². The highest BCUT2D eigenvalue weighted by molar-refractivity contribution is 7.92. The average molecular weight is 269 g/mol. The molecule has 0 aliphatic rings.